The van der Waals surface area contributed by atoms with E-state index in [0.717, 1.165) is 11.8 Å². The van der Waals surface area contributed by atoms with Gasteiger partial charge >= 0.3 is 0 Å². The van der Waals surface area contributed by atoms with E-state index in [1.807, 2.05) is 0 Å². The number of benzene rings is 2. The van der Waals surface area contributed by atoms with Crippen molar-refractivity contribution in [1.29, 1.82) is 0 Å². The third-order valence-corrected chi connectivity index (χ3v) is 8.31. The first kappa shape index (κ1) is 24.1. The molecule has 0 heterocycles. The van der Waals surface area contributed by atoms with Gasteiger partial charge in [-0.15, -0.1) is 0 Å². The zero-order chi connectivity index (χ0) is 21.9. The highest BCUT2D eigenvalue weighted by Crippen LogP contribution is 2.48. The Hall–Kier alpha value is -1.56. The van der Waals surface area contributed by atoms with Crippen molar-refractivity contribution >= 4 is 0 Å². The average molecular weight is 419 g/mol. The van der Waals surface area contributed by atoms with Crippen LogP contribution in [0.25, 0.3) is 0 Å². The average Bonchev–Trinajstić information content (AvgIpc) is 2.83. The predicted molar refractivity (Wildman–Crippen MR) is 137 cm³/mol. The molecule has 1 fully saturated rings. The fourth-order valence-corrected chi connectivity index (χ4v) is 6.17. The third kappa shape index (κ3) is 6.96. The van der Waals surface area contributed by atoms with Crippen molar-refractivity contribution in [3.05, 3.63) is 71.8 Å². The highest BCUT2D eigenvalue weighted by Gasteiger charge is 2.36. The van der Waals surface area contributed by atoms with Gasteiger partial charge in [0.25, 0.3) is 0 Å². The molecule has 0 bridgehead atoms. The standard InChI is InChI=1S/C31H46/c1-4-5-13-22-31(23-14-8-15-24-31)27(3)21-20-26(2)25-30(28-16-9-6-10-17-28)29-18-11-7-12-19-29/h6-7,9-12,16-19,26-27,30H,4-5,8,13-15,20-25H2,1-3H3. The first-order valence-electron chi connectivity index (χ1n) is 13.2. The van der Waals surface area contributed by atoms with E-state index in [0.29, 0.717) is 11.3 Å². The monoisotopic (exact) mass is 418 g/mol. The summed E-state index contributed by atoms with van der Waals surface area (Å²) in [5.41, 5.74) is 3.58. The quantitative estimate of drug-likeness (QED) is 0.301. The van der Waals surface area contributed by atoms with Crippen molar-refractivity contribution in [3.63, 3.8) is 0 Å². The molecule has 0 N–H and O–H groups in total. The molecule has 31 heavy (non-hydrogen) atoms. The Morgan fingerprint density at radius 1 is 0.742 bits per heavy atom. The molecule has 0 saturated heterocycles. The molecule has 2 atom stereocenters. The minimum atomic E-state index is 0.515. The van der Waals surface area contributed by atoms with Crippen LogP contribution in [0, 0.1) is 17.3 Å². The lowest BCUT2D eigenvalue weighted by Crippen LogP contribution is -2.32. The Kier molecular flexibility index (Phi) is 9.69. The number of unbranched alkanes of at least 4 members (excludes halogenated alkanes) is 2. The van der Waals surface area contributed by atoms with E-state index >= 15 is 0 Å². The largest absolute Gasteiger partial charge is 0.0654 e. The molecule has 0 radical (unpaired) electrons. The van der Waals surface area contributed by atoms with Crippen LogP contribution in [0.5, 0.6) is 0 Å². The van der Waals surface area contributed by atoms with Gasteiger partial charge in [0.2, 0.25) is 0 Å². The molecule has 1 aliphatic carbocycles. The topological polar surface area (TPSA) is 0 Å². The zero-order valence-electron chi connectivity index (χ0n) is 20.5. The molecule has 0 nitrogen and oxygen atoms in total. The maximum absolute atomic E-state index is 2.59. The van der Waals surface area contributed by atoms with Crippen molar-refractivity contribution in [1.82, 2.24) is 0 Å². The zero-order valence-corrected chi connectivity index (χ0v) is 20.5. The van der Waals surface area contributed by atoms with Gasteiger partial charge in [0, 0.05) is 5.92 Å². The molecule has 0 aliphatic heterocycles. The number of hydrogen-bond acceptors (Lipinski definition) is 0. The predicted octanol–water partition coefficient (Wildman–Crippen LogP) is 9.79. The summed E-state index contributed by atoms with van der Waals surface area (Å²) in [6.07, 6.45) is 17.1. The molecule has 2 aromatic carbocycles. The van der Waals surface area contributed by atoms with Gasteiger partial charge in [0.1, 0.15) is 0 Å². The van der Waals surface area contributed by atoms with Gasteiger partial charge in [-0.2, -0.15) is 0 Å². The van der Waals surface area contributed by atoms with Crippen LogP contribution in [0.15, 0.2) is 60.7 Å². The fourth-order valence-electron chi connectivity index (χ4n) is 6.17. The van der Waals surface area contributed by atoms with Gasteiger partial charge in [0.05, 0.1) is 0 Å². The minimum Gasteiger partial charge on any atom is -0.0654 e. The van der Waals surface area contributed by atoms with E-state index in [4.69, 9.17) is 0 Å². The molecular formula is C31H46. The van der Waals surface area contributed by atoms with Crippen molar-refractivity contribution < 1.29 is 0 Å². The van der Waals surface area contributed by atoms with Crippen molar-refractivity contribution in [3.8, 4) is 0 Å². The molecule has 1 aliphatic rings. The van der Waals surface area contributed by atoms with Crippen LogP contribution in [-0.2, 0) is 0 Å². The number of rotatable bonds is 12. The van der Waals surface area contributed by atoms with E-state index in [-0.39, 0.29) is 0 Å². The Morgan fingerprint density at radius 2 is 1.32 bits per heavy atom. The molecule has 0 heteroatoms. The van der Waals surface area contributed by atoms with E-state index in [2.05, 4.69) is 81.4 Å². The summed E-state index contributed by atoms with van der Waals surface area (Å²) in [6.45, 7) is 7.43. The summed E-state index contributed by atoms with van der Waals surface area (Å²) in [5.74, 6) is 2.14. The van der Waals surface area contributed by atoms with Crippen LogP contribution < -0.4 is 0 Å². The Bertz CT molecular complexity index is 671. The Morgan fingerprint density at radius 3 is 1.87 bits per heavy atom. The first-order chi connectivity index (χ1) is 15.1. The lowest BCUT2D eigenvalue weighted by Gasteiger charge is -2.43. The van der Waals surface area contributed by atoms with Gasteiger partial charge in [0.15, 0.2) is 0 Å². The van der Waals surface area contributed by atoms with Crippen LogP contribution >= 0.6 is 0 Å². The number of hydrogen-bond donors (Lipinski definition) is 0. The van der Waals surface area contributed by atoms with Crippen molar-refractivity contribution in [2.24, 2.45) is 17.3 Å². The highest BCUT2D eigenvalue weighted by molar-refractivity contribution is 5.32. The highest BCUT2D eigenvalue weighted by atomic mass is 14.4. The Labute approximate surface area is 192 Å². The van der Waals surface area contributed by atoms with Gasteiger partial charge < -0.3 is 0 Å². The van der Waals surface area contributed by atoms with Crippen molar-refractivity contribution in [2.45, 2.75) is 104 Å². The third-order valence-electron chi connectivity index (χ3n) is 8.31. The van der Waals surface area contributed by atoms with Crippen LogP contribution in [0.3, 0.4) is 0 Å². The molecule has 2 unspecified atom stereocenters. The molecule has 2 aromatic rings. The smallest absolute Gasteiger partial charge is 0.00918 e. The second-order valence-corrected chi connectivity index (χ2v) is 10.6. The minimum absolute atomic E-state index is 0.515. The first-order valence-corrected chi connectivity index (χ1v) is 13.2. The summed E-state index contributed by atoms with van der Waals surface area (Å²) in [4.78, 5) is 0. The molecule has 3 rings (SSSR count). The van der Waals surface area contributed by atoms with E-state index < -0.39 is 0 Å². The molecule has 1 saturated carbocycles. The SMILES string of the molecule is CCCCCC1(C(C)CCC(C)CC(c2ccccc2)c2ccccc2)CCCCC1. The van der Waals surface area contributed by atoms with Crippen LogP contribution in [0.1, 0.15) is 115 Å². The Balaban J connectivity index is 1.62. The molecular weight excluding hydrogens is 372 g/mol. The summed E-state index contributed by atoms with van der Waals surface area (Å²) in [7, 11) is 0. The summed E-state index contributed by atoms with van der Waals surface area (Å²) in [6, 6.07) is 22.3. The molecule has 0 spiro atoms. The van der Waals surface area contributed by atoms with Crippen LogP contribution in [0.2, 0.25) is 0 Å². The molecule has 0 aromatic heterocycles. The summed E-state index contributed by atoms with van der Waals surface area (Å²) >= 11 is 0. The lowest BCUT2D eigenvalue weighted by molar-refractivity contribution is 0.0805. The maximum Gasteiger partial charge on any atom is 0.00918 e. The molecule has 0 amide bonds. The van der Waals surface area contributed by atoms with Crippen LogP contribution in [0.4, 0.5) is 0 Å². The van der Waals surface area contributed by atoms with Gasteiger partial charge in [-0.05, 0) is 60.5 Å². The summed E-state index contributed by atoms with van der Waals surface area (Å²) in [5, 5.41) is 0. The van der Waals surface area contributed by atoms with E-state index in [9.17, 15) is 0 Å². The van der Waals surface area contributed by atoms with Gasteiger partial charge in [-0.3, -0.25) is 0 Å². The maximum atomic E-state index is 2.59. The van der Waals surface area contributed by atoms with E-state index in [1.54, 1.807) is 0 Å². The lowest BCUT2D eigenvalue weighted by atomic mass is 9.62. The van der Waals surface area contributed by atoms with Crippen LogP contribution in [-0.4, -0.2) is 0 Å². The van der Waals surface area contributed by atoms with E-state index in [1.165, 1.54) is 88.2 Å². The fraction of sp³-hybridized carbons (Fsp3) is 0.613. The normalized spacial score (nSPS) is 18.1. The van der Waals surface area contributed by atoms with Gasteiger partial charge in [-0.25, -0.2) is 0 Å². The van der Waals surface area contributed by atoms with Crippen molar-refractivity contribution in [2.75, 3.05) is 0 Å². The molecule has 170 valence electrons. The summed E-state index contributed by atoms with van der Waals surface area (Å²) < 4.78 is 0. The second-order valence-electron chi connectivity index (χ2n) is 10.6. The second kappa shape index (κ2) is 12.5. The van der Waals surface area contributed by atoms with Gasteiger partial charge in [-0.1, -0.05) is 126 Å².